The lowest BCUT2D eigenvalue weighted by Gasteiger charge is -2.18. The number of esters is 3. The number of ether oxygens (including phenoxy) is 3. The summed E-state index contributed by atoms with van der Waals surface area (Å²) in [7, 11) is 0. The van der Waals surface area contributed by atoms with Gasteiger partial charge in [0.25, 0.3) is 0 Å². The van der Waals surface area contributed by atoms with Gasteiger partial charge in [-0.15, -0.1) is 0 Å². The minimum atomic E-state index is -0.786. The summed E-state index contributed by atoms with van der Waals surface area (Å²) in [6.45, 7) is 6.61. The van der Waals surface area contributed by atoms with Crippen LogP contribution in [-0.4, -0.2) is 37.2 Å². The topological polar surface area (TPSA) is 78.9 Å². The van der Waals surface area contributed by atoms with Crippen LogP contribution in [-0.2, 0) is 28.6 Å². The van der Waals surface area contributed by atoms with Crippen molar-refractivity contribution in [2.75, 3.05) is 13.2 Å². The first-order valence-electron chi connectivity index (χ1n) is 31.9. The van der Waals surface area contributed by atoms with Crippen molar-refractivity contribution in [3.05, 3.63) is 72.9 Å². The first-order valence-corrected chi connectivity index (χ1v) is 31.9. The molecule has 0 saturated heterocycles. The van der Waals surface area contributed by atoms with Gasteiger partial charge in [-0.1, -0.05) is 261 Å². The van der Waals surface area contributed by atoms with Crippen molar-refractivity contribution in [3.63, 3.8) is 0 Å². The quantitative estimate of drug-likeness (QED) is 0.0261. The van der Waals surface area contributed by atoms with Gasteiger partial charge in [0.15, 0.2) is 6.10 Å². The summed E-state index contributed by atoms with van der Waals surface area (Å²) in [5.74, 6) is -0.889. The van der Waals surface area contributed by atoms with Crippen LogP contribution >= 0.6 is 0 Å². The van der Waals surface area contributed by atoms with Gasteiger partial charge in [-0.05, 0) is 116 Å². The van der Waals surface area contributed by atoms with Crippen LogP contribution < -0.4 is 0 Å². The molecule has 0 N–H and O–H groups in total. The van der Waals surface area contributed by atoms with E-state index in [1.165, 1.54) is 193 Å². The number of unbranched alkanes of at least 4 members (excludes halogenated alkanes) is 35. The second kappa shape index (κ2) is 62.4. The summed E-state index contributed by atoms with van der Waals surface area (Å²) >= 11 is 0. The summed E-state index contributed by atoms with van der Waals surface area (Å²) < 4.78 is 16.9. The molecule has 0 aliphatic rings. The van der Waals surface area contributed by atoms with Crippen LogP contribution in [0.4, 0.5) is 0 Å². The maximum Gasteiger partial charge on any atom is 0.306 e. The van der Waals surface area contributed by atoms with Crippen LogP contribution in [0.2, 0.25) is 0 Å². The third kappa shape index (κ3) is 59.7. The van der Waals surface area contributed by atoms with Crippen LogP contribution in [0, 0.1) is 0 Å². The van der Waals surface area contributed by atoms with Crippen molar-refractivity contribution in [3.8, 4) is 0 Å². The zero-order chi connectivity index (χ0) is 53.6. The first-order chi connectivity index (χ1) is 36.5. The minimum Gasteiger partial charge on any atom is -0.462 e. The lowest BCUT2D eigenvalue weighted by atomic mass is 10.1. The van der Waals surface area contributed by atoms with Crippen LogP contribution in [0.1, 0.15) is 323 Å². The molecule has 0 aromatic carbocycles. The van der Waals surface area contributed by atoms with Gasteiger partial charge in [0.2, 0.25) is 0 Å². The van der Waals surface area contributed by atoms with Crippen molar-refractivity contribution >= 4 is 17.9 Å². The largest absolute Gasteiger partial charge is 0.462 e. The maximum atomic E-state index is 12.9. The van der Waals surface area contributed by atoms with Gasteiger partial charge in [-0.2, -0.15) is 0 Å². The molecule has 0 rings (SSSR count). The molecule has 0 fully saturated rings. The number of allylic oxidation sites excluding steroid dienone is 12. The minimum absolute atomic E-state index is 0.0822. The molecular weight excluding hydrogens is 913 g/mol. The summed E-state index contributed by atoms with van der Waals surface area (Å²) in [6, 6.07) is 0. The van der Waals surface area contributed by atoms with E-state index >= 15 is 0 Å². The van der Waals surface area contributed by atoms with Crippen molar-refractivity contribution < 1.29 is 28.6 Å². The normalized spacial score (nSPS) is 12.5. The van der Waals surface area contributed by atoms with E-state index in [0.717, 1.165) is 89.9 Å². The molecule has 0 aliphatic heterocycles. The van der Waals surface area contributed by atoms with Gasteiger partial charge in [0.05, 0.1) is 0 Å². The summed E-state index contributed by atoms with van der Waals surface area (Å²) in [4.78, 5) is 38.3. The van der Waals surface area contributed by atoms with Gasteiger partial charge >= 0.3 is 17.9 Å². The van der Waals surface area contributed by atoms with E-state index in [9.17, 15) is 14.4 Å². The fourth-order valence-electron chi connectivity index (χ4n) is 9.06. The summed E-state index contributed by atoms with van der Waals surface area (Å²) in [5.41, 5.74) is 0. The Morgan fingerprint density at radius 2 is 0.486 bits per heavy atom. The van der Waals surface area contributed by atoms with Crippen molar-refractivity contribution in [2.24, 2.45) is 0 Å². The molecule has 1 unspecified atom stereocenters. The maximum absolute atomic E-state index is 12.9. The van der Waals surface area contributed by atoms with Gasteiger partial charge in [-0.25, -0.2) is 0 Å². The Bertz CT molecular complexity index is 1370. The van der Waals surface area contributed by atoms with Crippen LogP contribution in [0.3, 0.4) is 0 Å². The Kier molecular flexibility index (Phi) is 59.7. The highest BCUT2D eigenvalue weighted by molar-refractivity contribution is 5.71. The highest BCUT2D eigenvalue weighted by Crippen LogP contribution is 2.16. The number of hydrogen-bond acceptors (Lipinski definition) is 6. The van der Waals surface area contributed by atoms with Gasteiger partial charge < -0.3 is 14.2 Å². The molecule has 0 heterocycles. The fraction of sp³-hybridized carbons (Fsp3) is 0.779. The Morgan fingerprint density at radius 1 is 0.270 bits per heavy atom. The second-order valence-corrected chi connectivity index (χ2v) is 21.3. The van der Waals surface area contributed by atoms with Crippen molar-refractivity contribution in [2.45, 2.75) is 329 Å². The third-order valence-corrected chi connectivity index (χ3v) is 13.9. The number of rotatable bonds is 58. The van der Waals surface area contributed by atoms with E-state index < -0.39 is 6.10 Å². The van der Waals surface area contributed by atoms with E-state index in [0.29, 0.717) is 19.3 Å². The molecule has 6 nitrogen and oxygen atoms in total. The van der Waals surface area contributed by atoms with Gasteiger partial charge in [0, 0.05) is 19.3 Å². The van der Waals surface area contributed by atoms with Gasteiger partial charge in [-0.3, -0.25) is 14.4 Å². The molecule has 0 bridgehead atoms. The average Bonchev–Trinajstić information content (AvgIpc) is 3.40. The van der Waals surface area contributed by atoms with Crippen molar-refractivity contribution in [1.29, 1.82) is 0 Å². The molecule has 1 atom stereocenters. The van der Waals surface area contributed by atoms with E-state index in [1.54, 1.807) is 0 Å². The Hall–Kier alpha value is -3.15. The van der Waals surface area contributed by atoms with Crippen molar-refractivity contribution in [1.82, 2.24) is 0 Å². The number of carbonyl (C=O) groups is 3. The predicted molar refractivity (Wildman–Crippen MR) is 321 cm³/mol. The smallest absolute Gasteiger partial charge is 0.306 e. The molecule has 0 amide bonds. The molecule has 0 spiro atoms. The van der Waals surface area contributed by atoms with E-state index in [2.05, 4.69) is 93.7 Å². The zero-order valence-corrected chi connectivity index (χ0v) is 49.1. The monoisotopic (exact) mass is 1030 g/mol. The highest BCUT2D eigenvalue weighted by atomic mass is 16.6. The Balaban J connectivity index is 4.33. The number of carbonyl (C=O) groups excluding carboxylic acids is 3. The average molecular weight is 1030 g/mol. The SMILES string of the molecule is CCCCC/C=C\C/C=C\CCCCCCCCCC(=O)OC(COC(=O)CCCCCCC/C=C\CCCCCCC)COC(=O)CCCCCCCCCCCC/C=C\C/C=C\C/C=C\CCCCCCC. The standard InChI is InChI=1S/C68H120O6/c1-4-7-10-13-16-19-22-25-28-30-31-32-33-34-35-36-37-39-40-43-46-49-52-55-58-61-67(70)73-64-65(63-72-66(69)60-57-54-51-48-45-42-27-24-21-18-15-12-9-6-3)74-68(71)62-59-56-53-50-47-44-41-38-29-26-23-20-17-14-11-8-5-2/h17,20,22,24-27,29-31,33-34,65H,4-16,18-19,21,23,28,32,35-64H2,1-3H3/b20-17-,25-22-,27-24-,29-26-,31-30-,34-33-. The Labute approximate surface area is 459 Å². The van der Waals surface area contributed by atoms with E-state index in [1.807, 2.05) is 0 Å². The molecule has 74 heavy (non-hydrogen) atoms. The summed E-state index contributed by atoms with van der Waals surface area (Å²) in [6.07, 6.45) is 80.4. The predicted octanol–water partition coefficient (Wildman–Crippen LogP) is 21.7. The van der Waals surface area contributed by atoms with Gasteiger partial charge in [0.1, 0.15) is 13.2 Å². The summed E-state index contributed by atoms with van der Waals surface area (Å²) in [5, 5.41) is 0. The zero-order valence-electron chi connectivity index (χ0n) is 49.1. The Morgan fingerprint density at radius 3 is 0.797 bits per heavy atom. The molecule has 0 saturated carbocycles. The molecule has 6 heteroatoms. The lowest BCUT2D eigenvalue weighted by Crippen LogP contribution is -2.30. The molecular formula is C68H120O6. The van der Waals surface area contributed by atoms with E-state index in [4.69, 9.17) is 14.2 Å². The van der Waals surface area contributed by atoms with E-state index in [-0.39, 0.29) is 31.1 Å². The fourth-order valence-corrected chi connectivity index (χ4v) is 9.06. The highest BCUT2D eigenvalue weighted by Gasteiger charge is 2.19. The molecule has 0 radical (unpaired) electrons. The number of hydrogen-bond donors (Lipinski definition) is 0. The first kappa shape index (κ1) is 70.8. The van der Waals surface area contributed by atoms with Crippen LogP contribution in [0.25, 0.3) is 0 Å². The molecule has 428 valence electrons. The third-order valence-electron chi connectivity index (χ3n) is 13.9. The molecule has 0 aromatic rings. The van der Waals surface area contributed by atoms with Crippen LogP contribution in [0.5, 0.6) is 0 Å². The second-order valence-electron chi connectivity index (χ2n) is 21.3. The lowest BCUT2D eigenvalue weighted by molar-refractivity contribution is -0.167. The molecule has 0 aliphatic carbocycles. The van der Waals surface area contributed by atoms with Crippen LogP contribution in [0.15, 0.2) is 72.9 Å². The molecule has 0 aromatic heterocycles.